The van der Waals surface area contributed by atoms with E-state index in [2.05, 4.69) is 0 Å². The Morgan fingerprint density at radius 2 is 1.70 bits per heavy atom. The van der Waals surface area contributed by atoms with Crippen LogP contribution in [0, 0.1) is 11.3 Å². The molecule has 1 fully saturated rings. The zero-order valence-corrected chi connectivity index (χ0v) is 18.0. The topological polar surface area (TPSA) is 90.7 Å². The second-order valence-corrected chi connectivity index (χ2v) is 7.59. The number of amides is 3. The summed E-state index contributed by atoms with van der Waals surface area (Å²) in [4.78, 5) is 42.2. The lowest BCUT2D eigenvalue weighted by atomic mass is 10.1. The zero-order valence-electron chi connectivity index (χ0n) is 18.0. The Kier molecular flexibility index (Phi) is 6.18. The van der Waals surface area contributed by atoms with E-state index in [0.717, 1.165) is 10.5 Å². The molecule has 3 aromatic rings. The van der Waals surface area contributed by atoms with E-state index in [-0.39, 0.29) is 18.9 Å². The average Bonchev–Trinajstić information content (AvgIpc) is 3.16. The van der Waals surface area contributed by atoms with Crippen molar-refractivity contribution in [2.24, 2.45) is 0 Å². The van der Waals surface area contributed by atoms with E-state index in [1.165, 1.54) is 4.90 Å². The van der Waals surface area contributed by atoms with Crippen molar-refractivity contribution in [3.8, 4) is 11.8 Å². The van der Waals surface area contributed by atoms with E-state index in [0.29, 0.717) is 22.6 Å². The molecular weight excluding hydrogens is 418 g/mol. The molecule has 3 aromatic carbocycles. The molecule has 0 aliphatic carbocycles. The van der Waals surface area contributed by atoms with Gasteiger partial charge in [0.25, 0.3) is 11.8 Å². The first-order valence-corrected chi connectivity index (χ1v) is 10.4. The molecule has 0 aromatic heterocycles. The summed E-state index contributed by atoms with van der Waals surface area (Å²) < 4.78 is 5.17. The first-order chi connectivity index (χ1) is 16.0. The summed E-state index contributed by atoms with van der Waals surface area (Å²) in [6, 6.07) is 23.2. The van der Waals surface area contributed by atoms with Gasteiger partial charge in [0.05, 0.1) is 30.9 Å². The molecule has 33 heavy (non-hydrogen) atoms. The third-order valence-electron chi connectivity index (χ3n) is 5.55. The van der Waals surface area contributed by atoms with Gasteiger partial charge in [0.1, 0.15) is 11.8 Å². The number of hydrogen-bond acceptors (Lipinski definition) is 5. The van der Waals surface area contributed by atoms with Crippen LogP contribution in [0.1, 0.15) is 27.9 Å². The molecule has 7 nitrogen and oxygen atoms in total. The molecule has 0 spiro atoms. The number of rotatable bonds is 6. The summed E-state index contributed by atoms with van der Waals surface area (Å²) in [5.41, 5.74) is 2.04. The Morgan fingerprint density at radius 1 is 1.03 bits per heavy atom. The van der Waals surface area contributed by atoms with Gasteiger partial charge in [-0.3, -0.25) is 14.4 Å². The fraction of sp³-hybridized carbons (Fsp3) is 0.154. The number of benzene rings is 3. The van der Waals surface area contributed by atoms with E-state index in [1.54, 1.807) is 55.6 Å². The molecule has 164 valence electrons. The van der Waals surface area contributed by atoms with Crippen LogP contribution in [0.5, 0.6) is 5.75 Å². The molecule has 3 amide bonds. The quantitative estimate of drug-likeness (QED) is 0.548. The maximum Gasteiger partial charge on any atom is 0.257 e. The number of nitrogens with zero attached hydrogens (tertiary/aromatic N) is 3. The number of ether oxygens (including phenoxy) is 1. The average molecular weight is 439 g/mol. The van der Waals surface area contributed by atoms with Crippen molar-refractivity contribution in [2.45, 2.75) is 19.0 Å². The van der Waals surface area contributed by atoms with E-state index >= 15 is 0 Å². The van der Waals surface area contributed by atoms with Crippen molar-refractivity contribution in [3.63, 3.8) is 0 Å². The largest absolute Gasteiger partial charge is 0.497 e. The molecule has 1 atom stereocenters. The molecule has 1 heterocycles. The van der Waals surface area contributed by atoms with Gasteiger partial charge in [-0.25, -0.2) is 4.90 Å². The number of nitriles is 1. The number of carbonyl (C=O) groups is 3. The van der Waals surface area contributed by atoms with Gasteiger partial charge in [-0.1, -0.05) is 30.3 Å². The second kappa shape index (κ2) is 9.37. The van der Waals surface area contributed by atoms with Gasteiger partial charge in [0, 0.05) is 12.1 Å². The van der Waals surface area contributed by atoms with Crippen molar-refractivity contribution in [2.75, 3.05) is 12.0 Å². The molecule has 1 aliphatic rings. The highest BCUT2D eigenvalue weighted by atomic mass is 16.5. The van der Waals surface area contributed by atoms with Crippen LogP contribution in [0.2, 0.25) is 0 Å². The SMILES string of the molecule is COc1ccc(C(=O)N(Cc2ccccc2)C2CC(=O)N(c3ccc(C#N)cc3)C2=O)cc1. The van der Waals surface area contributed by atoms with Gasteiger partial charge >= 0.3 is 0 Å². The summed E-state index contributed by atoms with van der Waals surface area (Å²) in [7, 11) is 1.54. The van der Waals surface area contributed by atoms with Crippen LogP contribution in [0.4, 0.5) is 5.69 Å². The molecule has 1 aliphatic heterocycles. The smallest absolute Gasteiger partial charge is 0.257 e. The van der Waals surface area contributed by atoms with Gasteiger partial charge < -0.3 is 9.64 Å². The van der Waals surface area contributed by atoms with Crippen LogP contribution in [0.3, 0.4) is 0 Å². The van der Waals surface area contributed by atoms with Gasteiger partial charge in [-0.05, 0) is 54.1 Å². The van der Waals surface area contributed by atoms with Crippen LogP contribution in [-0.2, 0) is 16.1 Å². The molecule has 7 heteroatoms. The second-order valence-electron chi connectivity index (χ2n) is 7.59. The van der Waals surface area contributed by atoms with Crippen LogP contribution in [0.25, 0.3) is 0 Å². The predicted molar refractivity (Wildman–Crippen MR) is 121 cm³/mol. The van der Waals surface area contributed by atoms with Crippen molar-refractivity contribution in [3.05, 3.63) is 95.6 Å². The fourth-order valence-electron chi connectivity index (χ4n) is 3.82. The van der Waals surface area contributed by atoms with Gasteiger partial charge in [0.15, 0.2) is 0 Å². The highest BCUT2D eigenvalue weighted by molar-refractivity contribution is 6.23. The Balaban J connectivity index is 1.67. The molecule has 0 N–H and O–H groups in total. The van der Waals surface area contributed by atoms with E-state index < -0.39 is 17.9 Å². The minimum atomic E-state index is -0.942. The lowest BCUT2D eigenvalue weighted by Gasteiger charge is -2.28. The first kappa shape index (κ1) is 21.8. The number of carbonyl (C=O) groups excluding carboxylic acids is 3. The van der Waals surface area contributed by atoms with Gasteiger partial charge in [-0.2, -0.15) is 5.26 Å². The third kappa shape index (κ3) is 4.46. The Labute approximate surface area is 191 Å². The molecule has 1 unspecified atom stereocenters. The van der Waals surface area contributed by atoms with E-state index in [1.807, 2.05) is 36.4 Å². The van der Waals surface area contributed by atoms with Crippen molar-refractivity contribution < 1.29 is 19.1 Å². The molecule has 0 saturated carbocycles. The number of hydrogen-bond donors (Lipinski definition) is 0. The van der Waals surface area contributed by atoms with Crippen LogP contribution in [0.15, 0.2) is 78.9 Å². The summed E-state index contributed by atoms with van der Waals surface area (Å²) in [5.74, 6) is -0.604. The van der Waals surface area contributed by atoms with Crippen LogP contribution >= 0.6 is 0 Å². The molecule has 4 rings (SSSR count). The highest BCUT2D eigenvalue weighted by Crippen LogP contribution is 2.28. The fourth-order valence-corrected chi connectivity index (χ4v) is 3.82. The highest BCUT2D eigenvalue weighted by Gasteiger charge is 2.44. The minimum absolute atomic E-state index is 0.117. The zero-order chi connectivity index (χ0) is 23.4. The van der Waals surface area contributed by atoms with Crippen molar-refractivity contribution >= 4 is 23.4 Å². The third-order valence-corrected chi connectivity index (χ3v) is 5.55. The molecular formula is C26H21N3O4. The Bertz CT molecular complexity index is 1220. The summed E-state index contributed by atoms with van der Waals surface area (Å²) in [6.07, 6.45) is -0.117. The summed E-state index contributed by atoms with van der Waals surface area (Å²) in [6.45, 7) is 0.177. The predicted octanol–water partition coefficient (Wildman–Crippen LogP) is 3.54. The number of imide groups is 1. The van der Waals surface area contributed by atoms with Gasteiger partial charge in [-0.15, -0.1) is 0 Å². The molecule has 0 bridgehead atoms. The Hall–Kier alpha value is -4.44. The van der Waals surface area contributed by atoms with E-state index in [4.69, 9.17) is 10.00 Å². The maximum atomic E-state index is 13.5. The molecule has 0 radical (unpaired) electrons. The summed E-state index contributed by atoms with van der Waals surface area (Å²) in [5, 5.41) is 9.01. The van der Waals surface area contributed by atoms with Gasteiger partial charge in [0.2, 0.25) is 5.91 Å². The number of anilines is 1. The minimum Gasteiger partial charge on any atom is -0.497 e. The van der Waals surface area contributed by atoms with Crippen LogP contribution in [-0.4, -0.2) is 35.8 Å². The first-order valence-electron chi connectivity index (χ1n) is 10.4. The Morgan fingerprint density at radius 3 is 2.30 bits per heavy atom. The molecule has 1 saturated heterocycles. The maximum absolute atomic E-state index is 13.5. The lowest BCUT2D eigenvalue weighted by Crippen LogP contribution is -2.45. The standard InChI is InChI=1S/C26H21N3O4/c1-33-22-13-9-20(10-14-22)25(31)28(17-19-5-3-2-4-6-19)23-15-24(30)29(26(23)32)21-11-7-18(16-27)8-12-21/h2-14,23H,15,17H2,1H3. The normalized spacial score (nSPS) is 15.3. The summed E-state index contributed by atoms with van der Waals surface area (Å²) >= 11 is 0. The van der Waals surface area contributed by atoms with E-state index in [9.17, 15) is 14.4 Å². The lowest BCUT2D eigenvalue weighted by molar-refractivity contribution is -0.122. The van der Waals surface area contributed by atoms with Crippen molar-refractivity contribution in [1.29, 1.82) is 5.26 Å². The monoisotopic (exact) mass is 439 g/mol. The van der Waals surface area contributed by atoms with Crippen LogP contribution < -0.4 is 9.64 Å². The van der Waals surface area contributed by atoms with Crippen molar-refractivity contribution in [1.82, 2.24) is 4.90 Å². The number of methoxy groups -OCH3 is 1.